The molecule has 112 valence electrons. The molecule has 0 saturated heterocycles. The number of amides is 1. The van der Waals surface area contributed by atoms with Crippen LogP contribution in [0.25, 0.3) is 0 Å². The van der Waals surface area contributed by atoms with Crippen LogP contribution in [0, 0.1) is 5.41 Å². The molecule has 0 spiro atoms. The van der Waals surface area contributed by atoms with Gasteiger partial charge in [-0.3, -0.25) is 4.79 Å². The molecule has 0 fully saturated rings. The van der Waals surface area contributed by atoms with Crippen LogP contribution in [-0.4, -0.2) is 17.4 Å². The quantitative estimate of drug-likeness (QED) is 0.584. The smallest absolute Gasteiger partial charge is 0.254 e. The number of pyridine rings is 1. The lowest BCUT2D eigenvalue weighted by molar-refractivity contribution is 0.0934. The summed E-state index contributed by atoms with van der Waals surface area (Å²) in [7, 11) is 0. The number of nitrogens with zero attached hydrogens (tertiary/aromatic N) is 1. The van der Waals surface area contributed by atoms with Gasteiger partial charge in [0, 0.05) is 6.54 Å². The monoisotopic (exact) mass is 316 g/mol. The van der Waals surface area contributed by atoms with Crippen LogP contribution >= 0.6 is 23.2 Å². The van der Waals surface area contributed by atoms with Gasteiger partial charge in [-0.1, -0.05) is 63.2 Å². The molecule has 0 radical (unpaired) electrons. The molecule has 0 bridgehead atoms. The first-order chi connectivity index (χ1) is 9.35. The van der Waals surface area contributed by atoms with Crippen molar-refractivity contribution in [2.24, 2.45) is 5.41 Å². The third kappa shape index (κ3) is 5.68. The molecule has 0 aliphatic carbocycles. The molecule has 0 aliphatic heterocycles. The molecule has 20 heavy (non-hydrogen) atoms. The largest absolute Gasteiger partial charge is 0.351 e. The van der Waals surface area contributed by atoms with Crippen LogP contribution < -0.4 is 5.32 Å². The third-order valence-electron chi connectivity index (χ3n) is 3.24. The first-order valence-corrected chi connectivity index (χ1v) is 7.71. The van der Waals surface area contributed by atoms with Gasteiger partial charge in [-0.2, -0.15) is 0 Å². The molecular weight excluding hydrogens is 295 g/mol. The SMILES string of the molecule is CCCCCC(C)(C)CNC(=O)c1ccc(Cl)nc1Cl. The molecule has 0 aromatic carbocycles. The summed E-state index contributed by atoms with van der Waals surface area (Å²) in [5.41, 5.74) is 0.442. The zero-order chi connectivity index (χ0) is 15.2. The highest BCUT2D eigenvalue weighted by atomic mass is 35.5. The van der Waals surface area contributed by atoms with E-state index in [9.17, 15) is 4.79 Å². The maximum absolute atomic E-state index is 12.1. The van der Waals surface area contributed by atoms with E-state index in [2.05, 4.69) is 31.1 Å². The highest BCUT2D eigenvalue weighted by molar-refractivity contribution is 6.34. The summed E-state index contributed by atoms with van der Waals surface area (Å²) in [5.74, 6) is -0.206. The number of hydrogen-bond donors (Lipinski definition) is 1. The molecule has 1 N–H and O–H groups in total. The van der Waals surface area contributed by atoms with Gasteiger partial charge in [0.1, 0.15) is 10.3 Å². The van der Waals surface area contributed by atoms with Crippen molar-refractivity contribution in [1.29, 1.82) is 0 Å². The highest BCUT2D eigenvalue weighted by Gasteiger charge is 2.20. The summed E-state index contributed by atoms with van der Waals surface area (Å²) in [6.45, 7) is 7.12. The van der Waals surface area contributed by atoms with Crippen molar-refractivity contribution in [3.8, 4) is 0 Å². The van der Waals surface area contributed by atoms with Gasteiger partial charge in [0.15, 0.2) is 0 Å². The van der Waals surface area contributed by atoms with Crippen LogP contribution in [0.2, 0.25) is 10.3 Å². The normalized spacial score (nSPS) is 11.4. The lowest BCUT2D eigenvalue weighted by atomic mass is 9.87. The fourth-order valence-corrected chi connectivity index (χ4v) is 2.37. The molecule has 1 rings (SSSR count). The zero-order valence-corrected chi connectivity index (χ0v) is 13.8. The number of carbonyl (C=O) groups excluding carboxylic acids is 1. The summed E-state index contributed by atoms with van der Waals surface area (Å²) < 4.78 is 0. The topological polar surface area (TPSA) is 42.0 Å². The Hall–Kier alpha value is -0.800. The number of nitrogens with one attached hydrogen (secondary N) is 1. The Kier molecular flexibility index (Phi) is 6.77. The van der Waals surface area contributed by atoms with Crippen molar-refractivity contribution in [2.45, 2.75) is 46.5 Å². The molecule has 1 aromatic rings. The summed E-state index contributed by atoms with van der Waals surface area (Å²) >= 11 is 11.6. The van der Waals surface area contributed by atoms with E-state index in [1.165, 1.54) is 19.3 Å². The van der Waals surface area contributed by atoms with E-state index in [4.69, 9.17) is 23.2 Å². The van der Waals surface area contributed by atoms with E-state index in [0.717, 1.165) is 6.42 Å². The first-order valence-electron chi connectivity index (χ1n) is 6.96. The molecule has 3 nitrogen and oxygen atoms in total. The summed E-state index contributed by atoms with van der Waals surface area (Å²) in [4.78, 5) is 15.9. The fourth-order valence-electron chi connectivity index (χ4n) is 1.94. The van der Waals surface area contributed by atoms with Gasteiger partial charge in [-0.15, -0.1) is 0 Å². The summed E-state index contributed by atoms with van der Waals surface area (Å²) in [6, 6.07) is 3.16. The molecule has 0 atom stereocenters. The number of hydrogen-bond acceptors (Lipinski definition) is 2. The molecular formula is C15H22Cl2N2O. The number of aromatic nitrogens is 1. The second-order valence-corrected chi connectivity index (χ2v) is 6.52. The number of carbonyl (C=O) groups is 1. The predicted octanol–water partition coefficient (Wildman–Crippen LogP) is 4.72. The standard InChI is InChI=1S/C15H22Cl2N2O/c1-4-5-6-9-15(2,3)10-18-14(20)11-7-8-12(16)19-13(11)17/h7-8H,4-6,9-10H2,1-3H3,(H,18,20). The van der Waals surface area contributed by atoms with E-state index in [1.54, 1.807) is 12.1 Å². The van der Waals surface area contributed by atoms with Crippen LogP contribution in [0.3, 0.4) is 0 Å². The molecule has 1 aromatic heterocycles. The number of rotatable bonds is 7. The lowest BCUT2D eigenvalue weighted by Crippen LogP contribution is -2.34. The van der Waals surface area contributed by atoms with Gasteiger partial charge in [0.2, 0.25) is 0 Å². The van der Waals surface area contributed by atoms with E-state index in [1.807, 2.05) is 0 Å². The maximum atomic E-state index is 12.1. The van der Waals surface area contributed by atoms with Crippen molar-refractivity contribution in [2.75, 3.05) is 6.54 Å². The summed E-state index contributed by atoms with van der Waals surface area (Å²) in [5, 5.41) is 3.34. The molecule has 0 unspecified atom stereocenters. The molecule has 0 saturated carbocycles. The van der Waals surface area contributed by atoms with E-state index < -0.39 is 0 Å². The Morgan fingerprint density at radius 3 is 2.60 bits per heavy atom. The van der Waals surface area contributed by atoms with Crippen LogP contribution in [0.4, 0.5) is 0 Å². The van der Waals surface area contributed by atoms with Crippen LogP contribution in [0.5, 0.6) is 0 Å². The van der Waals surface area contributed by atoms with Crippen molar-refractivity contribution in [1.82, 2.24) is 10.3 Å². The Bertz CT molecular complexity index is 461. The third-order valence-corrected chi connectivity index (χ3v) is 3.74. The van der Waals surface area contributed by atoms with Crippen LogP contribution in [0.15, 0.2) is 12.1 Å². The van der Waals surface area contributed by atoms with Gasteiger partial charge in [0.25, 0.3) is 5.91 Å². The predicted molar refractivity (Wildman–Crippen MR) is 84.5 cm³/mol. The zero-order valence-electron chi connectivity index (χ0n) is 12.3. The fraction of sp³-hybridized carbons (Fsp3) is 0.600. The number of halogens is 2. The summed E-state index contributed by atoms with van der Waals surface area (Å²) in [6.07, 6.45) is 4.70. The van der Waals surface area contributed by atoms with Crippen LogP contribution in [0.1, 0.15) is 56.8 Å². The molecule has 0 aliphatic rings. The molecule has 5 heteroatoms. The van der Waals surface area contributed by atoms with Gasteiger partial charge >= 0.3 is 0 Å². The second kappa shape index (κ2) is 7.84. The Labute approximate surface area is 131 Å². The minimum atomic E-state index is -0.206. The first kappa shape index (κ1) is 17.3. The minimum Gasteiger partial charge on any atom is -0.351 e. The number of unbranched alkanes of at least 4 members (excludes halogenated alkanes) is 2. The maximum Gasteiger partial charge on any atom is 0.254 e. The van der Waals surface area contributed by atoms with E-state index in [-0.39, 0.29) is 21.6 Å². The van der Waals surface area contributed by atoms with Gasteiger partial charge in [0.05, 0.1) is 5.56 Å². The van der Waals surface area contributed by atoms with Crippen molar-refractivity contribution in [3.63, 3.8) is 0 Å². The van der Waals surface area contributed by atoms with E-state index >= 15 is 0 Å². The van der Waals surface area contributed by atoms with Gasteiger partial charge < -0.3 is 5.32 Å². The molecule has 1 heterocycles. The molecule has 1 amide bonds. The Morgan fingerprint density at radius 1 is 1.30 bits per heavy atom. The van der Waals surface area contributed by atoms with Crippen molar-refractivity contribution in [3.05, 3.63) is 28.0 Å². The Morgan fingerprint density at radius 2 is 2.00 bits per heavy atom. The van der Waals surface area contributed by atoms with Crippen LogP contribution in [-0.2, 0) is 0 Å². The lowest BCUT2D eigenvalue weighted by Gasteiger charge is -2.25. The van der Waals surface area contributed by atoms with Crippen molar-refractivity contribution < 1.29 is 4.79 Å². The minimum absolute atomic E-state index is 0.0805. The van der Waals surface area contributed by atoms with Gasteiger partial charge in [-0.05, 0) is 24.0 Å². The average Bonchev–Trinajstić information content (AvgIpc) is 2.36. The highest BCUT2D eigenvalue weighted by Crippen LogP contribution is 2.23. The Balaban J connectivity index is 2.54. The van der Waals surface area contributed by atoms with Crippen molar-refractivity contribution >= 4 is 29.1 Å². The second-order valence-electron chi connectivity index (χ2n) is 5.78. The average molecular weight is 317 g/mol. The van der Waals surface area contributed by atoms with E-state index in [0.29, 0.717) is 12.1 Å². The van der Waals surface area contributed by atoms with Gasteiger partial charge in [-0.25, -0.2) is 4.98 Å².